The third-order valence-corrected chi connectivity index (χ3v) is 6.70. The van der Waals surface area contributed by atoms with Gasteiger partial charge < -0.3 is 14.8 Å². The number of fused-ring (bicyclic) bond motifs is 3. The normalized spacial score (nSPS) is 18.3. The van der Waals surface area contributed by atoms with Crippen molar-refractivity contribution >= 4 is 22.7 Å². The molecule has 1 aliphatic heterocycles. The maximum Gasteiger partial charge on any atom is 0.271 e. The number of hydrogen-bond donors (Lipinski definition) is 1. The first kappa shape index (κ1) is 22.1. The van der Waals surface area contributed by atoms with E-state index in [0.717, 1.165) is 17.3 Å². The van der Waals surface area contributed by atoms with E-state index in [9.17, 15) is 9.59 Å². The lowest BCUT2D eigenvalue weighted by atomic mass is 9.93. The fraction of sp³-hybridized carbons (Fsp3) is 0.407. The number of amides is 2. The molecule has 0 spiro atoms. The number of hydrogen-bond acceptors (Lipinski definition) is 2. The van der Waals surface area contributed by atoms with Crippen LogP contribution >= 0.6 is 0 Å². The largest absolute Gasteiger partial charge is 0.354 e. The summed E-state index contributed by atoms with van der Waals surface area (Å²) in [5.41, 5.74) is 3.10. The summed E-state index contributed by atoms with van der Waals surface area (Å²) in [6.07, 6.45) is 1.63. The molecule has 0 fully saturated rings. The molecule has 1 aliphatic rings. The summed E-state index contributed by atoms with van der Waals surface area (Å²) < 4.78 is 2.02. The fourth-order valence-corrected chi connectivity index (χ4v) is 4.64. The predicted molar refractivity (Wildman–Crippen MR) is 129 cm³/mol. The molecule has 1 N–H and O–H groups in total. The molecule has 3 aromatic rings. The highest BCUT2D eigenvalue weighted by molar-refractivity contribution is 6.03. The van der Waals surface area contributed by atoms with Crippen LogP contribution in [0.4, 0.5) is 0 Å². The van der Waals surface area contributed by atoms with Gasteiger partial charge in [-0.15, -0.1) is 0 Å². The van der Waals surface area contributed by atoms with Crippen LogP contribution in [0.1, 0.15) is 48.8 Å². The topological polar surface area (TPSA) is 54.3 Å². The average Bonchev–Trinajstić information content (AvgIpc) is 3.13. The second-order valence-electron chi connectivity index (χ2n) is 9.52. The van der Waals surface area contributed by atoms with Crippen LogP contribution in [0.3, 0.4) is 0 Å². The van der Waals surface area contributed by atoms with Gasteiger partial charge in [0.2, 0.25) is 5.91 Å². The van der Waals surface area contributed by atoms with Crippen LogP contribution < -0.4 is 5.32 Å². The number of rotatable bonds is 7. The number of aryl methyl sites for hydroxylation is 1. The zero-order valence-electron chi connectivity index (χ0n) is 19.5. The van der Waals surface area contributed by atoms with E-state index in [1.165, 1.54) is 11.1 Å². The van der Waals surface area contributed by atoms with Crippen molar-refractivity contribution in [2.45, 2.75) is 52.6 Å². The van der Waals surface area contributed by atoms with E-state index in [1.807, 2.05) is 54.0 Å². The van der Waals surface area contributed by atoms with Gasteiger partial charge in [0.15, 0.2) is 0 Å². The molecule has 168 valence electrons. The lowest BCUT2D eigenvalue weighted by Crippen LogP contribution is -2.64. The lowest BCUT2D eigenvalue weighted by Gasteiger charge is -2.44. The van der Waals surface area contributed by atoms with E-state index in [4.69, 9.17) is 0 Å². The maximum absolute atomic E-state index is 13.7. The zero-order chi connectivity index (χ0) is 22.9. The minimum Gasteiger partial charge on any atom is -0.354 e. The Hall–Kier alpha value is -3.08. The average molecular weight is 432 g/mol. The van der Waals surface area contributed by atoms with Crippen molar-refractivity contribution in [2.75, 3.05) is 13.1 Å². The Morgan fingerprint density at radius 1 is 1.12 bits per heavy atom. The number of aromatic nitrogens is 1. The standard InChI is InChI=1S/C27H33N3O2/c1-19(2)13-15-28-26(32)27(4)18-29-23-12-8-7-11-22(23)17-24(29)25(31)30(27)16-14-21-10-6-5-9-20(21)3/h5-12,17,19H,13-16,18H2,1-4H3,(H,28,32)/t27-/m0/s1. The highest BCUT2D eigenvalue weighted by Gasteiger charge is 2.47. The molecule has 0 radical (unpaired) electrons. The van der Waals surface area contributed by atoms with Gasteiger partial charge in [0.1, 0.15) is 11.2 Å². The molecule has 4 rings (SSSR count). The van der Waals surface area contributed by atoms with E-state index in [1.54, 1.807) is 4.90 Å². The summed E-state index contributed by atoms with van der Waals surface area (Å²) in [6, 6.07) is 18.2. The first-order chi connectivity index (χ1) is 15.3. The molecule has 0 bridgehead atoms. The number of benzene rings is 2. The minimum absolute atomic E-state index is 0.0810. The smallest absolute Gasteiger partial charge is 0.271 e. The molecule has 0 saturated carbocycles. The van der Waals surface area contributed by atoms with Crippen molar-refractivity contribution in [1.82, 2.24) is 14.8 Å². The van der Waals surface area contributed by atoms with Crippen molar-refractivity contribution in [1.29, 1.82) is 0 Å². The van der Waals surface area contributed by atoms with Crippen LogP contribution in [0, 0.1) is 12.8 Å². The van der Waals surface area contributed by atoms with Crippen LogP contribution in [0.5, 0.6) is 0 Å². The zero-order valence-corrected chi connectivity index (χ0v) is 19.5. The van der Waals surface area contributed by atoms with Crippen LogP contribution in [0.15, 0.2) is 54.6 Å². The number of carbonyl (C=O) groups excluding carboxylic acids is 2. The van der Waals surface area contributed by atoms with Gasteiger partial charge in [-0.1, -0.05) is 56.3 Å². The van der Waals surface area contributed by atoms with Gasteiger partial charge in [0.05, 0.1) is 6.54 Å². The third-order valence-electron chi connectivity index (χ3n) is 6.70. The Morgan fingerprint density at radius 2 is 1.84 bits per heavy atom. The van der Waals surface area contributed by atoms with Gasteiger partial charge in [-0.2, -0.15) is 0 Å². The Balaban J connectivity index is 1.69. The summed E-state index contributed by atoms with van der Waals surface area (Å²) in [5.74, 6) is 0.343. The molecule has 0 unspecified atom stereocenters. The molecule has 5 heteroatoms. The van der Waals surface area contributed by atoms with Crippen LogP contribution in [-0.4, -0.2) is 39.9 Å². The van der Waals surface area contributed by atoms with Crippen LogP contribution in [-0.2, 0) is 17.8 Å². The number of nitrogens with one attached hydrogen (secondary N) is 1. The summed E-state index contributed by atoms with van der Waals surface area (Å²) in [4.78, 5) is 29.0. The quantitative estimate of drug-likeness (QED) is 0.596. The first-order valence-corrected chi connectivity index (χ1v) is 11.5. The van der Waals surface area contributed by atoms with Crippen molar-refractivity contribution < 1.29 is 9.59 Å². The molecule has 32 heavy (non-hydrogen) atoms. The van der Waals surface area contributed by atoms with Crippen molar-refractivity contribution in [2.24, 2.45) is 5.92 Å². The summed E-state index contributed by atoms with van der Waals surface area (Å²) in [6.45, 7) is 9.84. The van der Waals surface area contributed by atoms with Gasteiger partial charge in [0, 0.05) is 24.0 Å². The SMILES string of the molecule is Cc1ccccc1CCN1C(=O)c2cc3ccccc3n2C[C@@]1(C)C(=O)NCCC(C)C. The summed E-state index contributed by atoms with van der Waals surface area (Å²) in [7, 11) is 0. The van der Waals surface area contributed by atoms with Crippen molar-refractivity contribution in [3.05, 3.63) is 71.4 Å². The Morgan fingerprint density at radius 3 is 2.59 bits per heavy atom. The summed E-state index contributed by atoms with van der Waals surface area (Å²) >= 11 is 0. The first-order valence-electron chi connectivity index (χ1n) is 11.5. The second kappa shape index (κ2) is 8.81. The minimum atomic E-state index is -0.953. The van der Waals surface area contributed by atoms with Gasteiger partial charge in [-0.3, -0.25) is 9.59 Å². The van der Waals surface area contributed by atoms with Gasteiger partial charge in [-0.25, -0.2) is 0 Å². The number of nitrogens with zero attached hydrogens (tertiary/aromatic N) is 2. The van der Waals surface area contributed by atoms with E-state index >= 15 is 0 Å². The maximum atomic E-state index is 13.7. The van der Waals surface area contributed by atoms with Crippen LogP contribution in [0.25, 0.3) is 10.9 Å². The van der Waals surface area contributed by atoms with Gasteiger partial charge in [-0.05, 0) is 55.9 Å². The van der Waals surface area contributed by atoms with E-state index < -0.39 is 5.54 Å². The molecule has 2 heterocycles. The van der Waals surface area contributed by atoms with Crippen molar-refractivity contribution in [3.8, 4) is 0 Å². The molecular weight excluding hydrogens is 398 g/mol. The molecule has 5 nitrogen and oxygen atoms in total. The molecule has 0 aliphatic carbocycles. The number of para-hydroxylation sites is 1. The van der Waals surface area contributed by atoms with E-state index in [0.29, 0.717) is 37.7 Å². The molecular formula is C27H33N3O2. The second-order valence-corrected chi connectivity index (χ2v) is 9.52. The highest BCUT2D eigenvalue weighted by Crippen LogP contribution is 2.32. The van der Waals surface area contributed by atoms with Gasteiger partial charge >= 0.3 is 0 Å². The van der Waals surface area contributed by atoms with Crippen LogP contribution in [0.2, 0.25) is 0 Å². The lowest BCUT2D eigenvalue weighted by molar-refractivity contribution is -0.132. The number of carbonyl (C=O) groups is 2. The predicted octanol–water partition coefficient (Wildman–Crippen LogP) is 4.57. The molecule has 0 saturated heterocycles. The van der Waals surface area contributed by atoms with E-state index in [-0.39, 0.29) is 11.8 Å². The van der Waals surface area contributed by atoms with Crippen molar-refractivity contribution in [3.63, 3.8) is 0 Å². The molecule has 1 atom stereocenters. The Bertz CT molecular complexity index is 1150. The molecule has 2 aromatic carbocycles. The monoisotopic (exact) mass is 431 g/mol. The molecule has 1 aromatic heterocycles. The van der Waals surface area contributed by atoms with Gasteiger partial charge in [0.25, 0.3) is 5.91 Å². The third kappa shape index (κ3) is 4.04. The van der Waals surface area contributed by atoms with E-state index in [2.05, 4.69) is 38.2 Å². The Kier molecular flexibility index (Phi) is 6.09. The molecule has 2 amide bonds. The highest BCUT2D eigenvalue weighted by atomic mass is 16.2. The fourth-order valence-electron chi connectivity index (χ4n) is 4.64. The Labute approximate surface area is 190 Å². The summed E-state index contributed by atoms with van der Waals surface area (Å²) in [5, 5.41) is 4.14.